The van der Waals surface area contributed by atoms with Gasteiger partial charge in [0.1, 0.15) is 10.8 Å². The Labute approximate surface area is 128 Å². The van der Waals surface area contributed by atoms with E-state index >= 15 is 0 Å². The summed E-state index contributed by atoms with van der Waals surface area (Å²) in [6.07, 6.45) is 0. The lowest BCUT2D eigenvalue weighted by molar-refractivity contribution is -0.118. The van der Waals surface area contributed by atoms with Gasteiger partial charge in [-0.1, -0.05) is 18.3 Å². The van der Waals surface area contributed by atoms with Gasteiger partial charge in [-0.15, -0.1) is 0 Å². The highest BCUT2D eigenvalue weighted by Crippen LogP contribution is 2.24. The highest BCUT2D eigenvalue weighted by Gasteiger charge is 2.32. The number of thiocarbonyl (C=S) groups is 1. The zero-order valence-corrected chi connectivity index (χ0v) is 13.2. The number of nitrogens with zero attached hydrogens (tertiary/aromatic N) is 1. The van der Waals surface area contributed by atoms with E-state index in [1.165, 1.54) is 12.1 Å². The van der Waals surface area contributed by atoms with Gasteiger partial charge >= 0.3 is 0 Å². The molecule has 0 spiro atoms. The summed E-state index contributed by atoms with van der Waals surface area (Å²) < 4.78 is 39.9. The highest BCUT2D eigenvalue weighted by molar-refractivity contribution is 7.89. The minimum atomic E-state index is -4.17. The minimum Gasteiger partial charge on any atom is -0.389 e. The number of carbonyl (C=O) groups is 1. The van der Waals surface area contributed by atoms with Gasteiger partial charge in [0.2, 0.25) is 15.9 Å². The van der Waals surface area contributed by atoms with Gasteiger partial charge in [0.15, 0.2) is 0 Å². The van der Waals surface area contributed by atoms with Crippen molar-refractivity contribution in [3.8, 4) is 0 Å². The molecule has 4 N–H and O–H groups in total. The van der Waals surface area contributed by atoms with Crippen LogP contribution in [0, 0.1) is 5.82 Å². The second-order valence-electron chi connectivity index (χ2n) is 4.59. The lowest BCUT2D eigenvalue weighted by atomic mass is 10.2. The van der Waals surface area contributed by atoms with E-state index in [0.29, 0.717) is 0 Å². The fourth-order valence-corrected chi connectivity index (χ4v) is 3.88. The van der Waals surface area contributed by atoms with Crippen LogP contribution in [0.3, 0.4) is 0 Å². The van der Waals surface area contributed by atoms with E-state index in [9.17, 15) is 17.6 Å². The maximum Gasteiger partial charge on any atom is 0.244 e. The summed E-state index contributed by atoms with van der Waals surface area (Å²) >= 11 is 4.71. The van der Waals surface area contributed by atoms with Gasteiger partial charge in [0.25, 0.3) is 0 Å². The lowest BCUT2D eigenvalue weighted by Gasteiger charge is -2.25. The van der Waals surface area contributed by atoms with Gasteiger partial charge < -0.3 is 11.5 Å². The second-order valence-corrected chi connectivity index (χ2v) is 6.89. The van der Waals surface area contributed by atoms with E-state index in [0.717, 1.165) is 10.4 Å². The van der Waals surface area contributed by atoms with Crippen LogP contribution in [-0.2, 0) is 14.8 Å². The first kappa shape index (κ1) is 17.5. The zero-order chi connectivity index (χ0) is 16.4. The van der Waals surface area contributed by atoms with Crippen molar-refractivity contribution < 1.29 is 17.6 Å². The number of hydrogen-bond donors (Lipinski definition) is 2. The molecular weight excluding hydrogens is 317 g/mol. The maximum absolute atomic E-state index is 13.8. The van der Waals surface area contributed by atoms with Gasteiger partial charge in [-0.05, 0) is 26.0 Å². The third-order valence-electron chi connectivity index (χ3n) is 2.70. The molecule has 6 nitrogen and oxygen atoms in total. The van der Waals surface area contributed by atoms with Crippen LogP contribution >= 0.6 is 12.2 Å². The number of primary amides is 1. The Balaban J connectivity index is 3.52. The van der Waals surface area contributed by atoms with Gasteiger partial charge in [-0.2, -0.15) is 4.31 Å². The van der Waals surface area contributed by atoms with Crippen LogP contribution in [-0.4, -0.2) is 36.2 Å². The SMILES string of the molecule is CC(C)N(CC(N)=O)S(=O)(=O)c1cccc(F)c1C(N)=S. The Morgan fingerprint density at radius 3 is 2.38 bits per heavy atom. The largest absolute Gasteiger partial charge is 0.389 e. The number of nitrogens with two attached hydrogens (primary N) is 2. The molecule has 1 aromatic rings. The second kappa shape index (κ2) is 6.46. The molecule has 1 rings (SSSR count). The average molecular weight is 333 g/mol. The van der Waals surface area contributed by atoms with Gasteiger partial charge in [-0.3, -0.25) is 4.79 Å². The normalized spacial score (nSPS) is 11.9. The van der Waals surface area contributed by atoms with Crippen LogP contribution in [0.15, 0.2) is 23.1 Å². The molecule has 21 heavy (non-hydrogen) atoms. The maximum atomic E-state index is 13.8. The summed E-state index contributed by atoms with van der Waals surface area (Å²) in [5.41, 5.74) is 10.1. The molecule has 0 aromatic heterocycles. The molecule has 0 saturated carbocycles. The Bertz CT molecular complexity index is 674. The molecule has 0 fully saturated rings. The number of benzene rings is 1. The van der Waals surface area contributed by atoms with Crippen molar-refractivity contribution in [3.63, 3.8) is 0 Å². The van der Waals surface area contributed by atoms with E-state index < -0.39 is 34.3 Å². The number of carbonyl (C=O) groups excluding carboxylic acids is 1. The molecular formula is C12H16FN3O3S2. The zero-order valence-electron chi connectivity index (χ0n) is 11.5. The first-order valence-electron chi connectivity index (χ1n) is 5.97. The van der Waals surface area contributed by atoms with E-state index in [2.05, 4.69) is 0 Å². The fourth-order valence-electron chi connectivity index (χ4n) is 1.78. The average Bonchev–Trinajstić information content (AvgIpc) is 2.34. The molecule has 0 heterocycles. The number of halogens is 1. The quantitative estimate of drug-likeness (QED) is 0.730. The summed E-state index contributed by atoms with van der Waals surface area (Å²) in [5.74, 6) is -1.66. The van der Waals surface area contributed by atoms with E-state index in [1.54, 1.807) is 13.8 Å². The first-order valence-corrected chi connectivity index (χ1v) is 7.82. The first-order chi connectivity index (χ1) is 9.59. The topological polar surface area (TPSA) is 106 Å². The monoisotopic (exact) mass is 333 g/mol. The number of amides is 1. The molecule has 0 atom stereocenters. The summed E-state index contributed by atoms with van der Waals surface area (Å²) in [7, 11) is -4.17. The third kappa shape index (κ3) is 3.74. The van der Waals surface area contributed by atoms with Crippen molar-refractivity contribution in [1.82, 2.24) is 4.31 Å². The van der Waals surface area contributed by atoms with Crippen molar-refractivity contribution in [3.05, 3.63) is 29.6 Å². The molecule has 0 saturated heterocycles. The van der Waals surface area contributed by atoms with Gasteiger partial charge in [-0.25, -0.2) is 12.8 Å². The molecule has 1 aromatic carbocycles. The van der Waals surface area contributed by atoms with Crippen molar-refractivity contribution in [2.24, 2.45) is 11.5 Å². The molecule has 0 aliphatic carbocycles. The number of sulfonamides is 1. The van der Waals surface area contributed by atoms with E-state index in [4.69, 9.17) is 23.7 Å². The Kier molecular flexibility index (Phi) is 5.37. The summed E-state index contributed by atoms with van der Waals surface area (Å²) in [6.45, 7) is 2.62. The van der Waals surface area contributed by atoms with E-state index in [-0.39, 0.29) is 15.4 Å². The van der Waals surface area contributed by atoms with Crippen molar-refractivity contribution in [2.75, 3.05) is 6.54 Å². The highest BCUT2D eigenvalue weighted by atomic mass is 32.2. The lowest BCUT2D eigenvalue weighted by Crippen LogP contribution is -2.43. The molecule has 1 amide bonds. The van der Waals surface area contributed by atoms with Crippen LogP contribution in [0.25, 0.3) is 0 Å². The Morgan fingerprint density at radius 1 is 1.38 bits per heavy atom. The van der Waals surface area contributed by atoms with Crippen molar-refractivity contribution in [2.45, 2.75) is 24.8 Å². The van der Waals surface area contributed by atoms with Crippen molar-refractivity contribution in [1.29, 1.82) is 0 Å². The smallest absolute Gasteiger partial charge is 0.244 e. The van der Waals surface area contributed by atoms with Crippen LogP contribution < -0.4 is 11.5 Å². The molecule has 0 bridgehead atoms. The van der Waals surface area contributed by atoms with Crippen LogP contribution in [0.2, 0.25) is 0 Å². The predicted octanol–water partition coefficient (Wildman–Crippen LogP) is 0.344. The standard InChI is InChI=1S/C12H16FN3O3S2/c1-7(2)16(6-10(14)17)21(18,19)9-5-3-4-8(13)11(9)12(15)20/h3-5,7H,6H2,1-2H3,(H2,14,17)(H2,15,20). The van der Waals surface area contributed by atoms with Gasteiger partial charge in [0.05, 0.1) is 17.0 Å². The van der Waals surface area contributed by atoms with Crippen molar-refractivity contribution >= 4 is 33.1 Å². The molecule has 0 aliphatic rings. The fraction of sp³-hybridized carbons (Fsp3) is 0.333. The van der Waals surface area contributed by atoms with E-state index in [1.807, 2.05) is 0 Å². The molecule has 9 heteroatoms. The summed E-state index contributed by atoms with van der Waals surface area (Å²) in [6, 6.07) is 2.92. The van der Waals surface area contributed by atoms with Gasteiger partial charge in [0, 0.05) is 6.04 Å². The summed E-state index contributed by atoms with van der Waals surface area (Å²) in [5, 5.41) is 0. The number of hydrogen-bond acceptors (Lipinski definition) is 4. The predicted molar refractivity (Wildman–Crippen MR) is 80.5 cm³/mol. The molecule has 0 radical (unpaired) electrons. The summed E-state index contributed by atoms with van der Waals surface area (Å²) in [4.78, 5) is 10.3. The van der Waals surface area contributed by atoms with Crippen LogP contribution in [0.1, 0.15) is 19.4 Å². The third-order valence-corrected chi connectivity index (χ3v) is 4.96. The Morgan fingerprint density at radius 2 is 1.95 bits per heavy atom. The van der Waals surface area contributed by atoms with Crippen LogP contribution in [0.5, 0.6) is 0 Å². The van der Waals surface area contributed by atoms with Crippen LogP contribution in [0.4, 0.5) is 4.39 Å². The molecule has 0 aliphatic heterocycles. The molecule has 0 unspecified atom stereocenters. The molecule has 116 valence electrons. The Hall–Kier alpha value is -1.58. The minimum absolute atomic E-state index is 0.373. The number of rotatable bonds is 6.